The van der Waals surface area contributed by atoms with E-state index in [0.717, 1.165) is 38.0 Å². The highest BCUT2D eigenvalue weighted by molar-refractivity contribution is 7.09. The van der Waals surface area contributed by atoms with Gasteiger partial charge in [0.1, 0.15) is 0 Å². The van der Waals surface area contributed by atoms with Gasteiger partial charge < -0.3 is 20.1 Å². The largest absolute Gasteiger partial charge is 0.389 e. The Labute approximate surface area is 131 Å². The molecule has 2 heterocycles. The van der Waals surface area contributed by atoms with Gasteiger partial charge in [0.2, 0.25) is 0 Å². The monoisotopic (exact) mass is 313 g/mol. The first kappa shape index (κ1) is 16.8. The number of piperidine rings is 1. The predicted octanol–water partition coefficient (Wildman–Crippen LogP) is 1.06. The van der Waals surface area contributed by atoms with Crippen LogP contribution in [0, 0.1) is 6.92 Å². The second-order valence-corrected chi connectivity index (χ2v) is 6.76. The highest BCUT2D eigenvalue weighted by Gasteiger charge is 2.17. The summed E-state index contributed by atoms with van der Waals surface area (Å²) in [6, 6.07) is 0.538. The van der Waals surface area contributed by atoms with Gasteiger partial charge in [0.15, 0.2) is 0 Å². The fourth-order valence-electron chi connectivity index (χ4n) is 2.52. The normalized spacial score (nSPS) is 19.0. The number of hydrogen-bond donors (Lipinski definition) is 2. The van der Waals surface area contributed by atoms with E-state index in [2.05, 4.69) is 22.2 Å². The number of aliphatic hydroxyl groups excluding tert-OH is 1. The maximum Gasteiger partial charge on any atom is 0.0897 e. The molecule has 1 aromatic heterocycles. The van der Waals surface area contributed by atoms with E-state index in [9.17, 15) is 5.11 Å². The molecule has 0 saturated carbocycles. The van der Waals surface area contributed by atoms with Crippen molar-refractivity contribution in [3.05, 3.63) is 16.1 Å². The molecule has 2 N–H and O–H groups in total. The summed E-state index contributed by atoms with van der Waals surface area (Å²) >= 11 is 1.67. The summed E-state index contributed by atoms with van der Waals surface area (Å²) in [6.07, 6.45) is 2.78. The molecule has 0 aromatic carbocycles. The first-order chi connectivity index (χ1) is 10.1. The topological polar surface area (TPSA) is 57.6 Å². The third kappa shape index (κ3) is 6.00. The Hall–Kier alpha value is -0.530. The van der Waals surface area contributed by atoms with Crippen molar-refractivity contribution < 1.29 is 9.84 Å². The summed E-state index contributed by atoms with van der Waals surface area (Å²) in [7, 11) is 2.16. The average molecular weight is 313 g/mol. The lowest BCUT2D eigenvalue weighted by Crippen LogP contribution is -2.44. The molecule has 0 aliphatic carbocycles. The molecule has 0 spiro atoms. The maximum absolute atomic E-state index is 9.94. The van der Waals surface area contributed by atoms with Gasteiger partial charge in [-0.1, -0.05) is 0 Å². The van der Waals surface area contributed by atoms with Crippen LogP contribution >= 0.6 is 11.3 Å². The SMILES string of the molecule is Cc1ncsc1CCOCC(O)CNC1CCN(C)CC1. The second kappa shape index (κ2) is 8.80. The van der Waals surface area contributed by atoms with Gasteiger partial charge in [-0.25, -0.2) is 4.98 Å². The van der Waals surface area contributed by atoms with Gasteiger partial charge >= 0.3 is 0 Å². The summed E-state index contributed by atoms with van der Waals surface area (Å²) in [5.74, 6) is 0. The fourth-order valence-corrected chi connectivity index (χ4v) is 3.29. The van der Waals surface area contributed by atoms with Gasteiger partial charge in [0.25, 0.3) is 0 Å². The molecule has 6 heteroatoms. The molecule has 120 valence electrons. The number of nitrogens with zero attached hydrogens (tertiary/aromatic N) is 2. The molecule has 2 rings (SSSR count). The smallest absolute Gasteiger partial charge is 0.0897 e. The summed E-state index contributed by atoms with van der Waals surface area (Å²) in [5, 5.41) is 13.4. The van der Waals surface area contributed by atoms with E-state index in [1.54, 1.807) is 11.3 Å². The quantitative estimate of drug-likeness (QED) is 0.703. The number of thiazole rings is 1. The zero-order valence-electron chi connectivity index (χ0n) is 13.0. The van der Waals surface area contributed by atoms with Crippen molar-refractivity contribution >= 4 is 11.3 Å². The average Bonchev–Trinajstić information content (AvgIpc) is 2.88. The van der Waals surface area contributed by atoms with Crippen molar-refractivity contribution in [1.29, 1.82) is 0 Å². The van der Waals surface area contributed by atoms with Crippen molar-refractivity contribution in [3.8, 4) is 0 Å². The molecular weight excluding hydrogens is 286 g/mol. The van der Waals surface area contributed by atoms with Gasteiger partial charge in [0.05, 0.1) is 30.5 Å². The first-order valence-electron chi connectivity index (χ1n) is 7.72. The van der Waals surface area contributed by atoms with Gasteiger partial charge in [-0.05, 0) is 39.9 Å². The Bertz CT molecular complexity index is 405. The zero-order valence-corrected chi connectivity index (χ0v) is 13.9. The van der Waals surface area contributed by atoms with Gasteiger partial charge in [-0.15, -0.1) is 11.3 Å². The van der Waals surface area contributed by atoms with Crippen LogP contribution in [0.3, 0.4) is 0 Å². The molecule has 5 nitrogen and oxygen atoms in total. The highest BCUT2D eigenvalue weighted by atomic mass is 32.1. The Balaban J connectivity index is 1.51. The Morgan fingerprint density at radius 2 is 2.29 bits per heavy atom. The molecule has 1 aliphatic rings. The Morgan fingerprint density at radius 3 is 2.95 bits per heavy atom. The number of ether oxygens (including phenoxy) is 1. The molecule has 21 heavy (non-hydrogen) atoms. The van der Waals surface area contributed by atoms with Crippen LogP contribution in [0.5, 0.6) is 0 Å². The van der Waals surface area contributed by atoms with Crippen LogP contribution < -0.4 is 5.32 Å². The number of aliphatic hydroxyl groups is 1. The number of rotatable bonds is 8. The van der Waals surface area contributed by atoms with Crippen molar-refractivity contribution in [1.82, 2.24) is 15.2 Å². The number of aryl methyl sites for hydroxylation is 1. The molecule has 0 amide bonds. The number of aromatic nitrogens is 1. The van der Waals surface area contributed by atoms with E-state index >= 15 is 0 Å². The van der Waals surface area contributed by atoms with Gasteiger partial charge in [0, 0.05) is 23.9 Å². The Kier molecular flexibility index (Phi) is 7.06. The fraction of sp³-hybridized carbons (Fsp3) is 0.800. The van der Waals surface area contributed by atoms with Crippen LogP contribution in [-0.2, 0) is 11.2 Å². The molecule has 1 saturated heterocycles. The minimum Gasteiger partial charge on any atom is -0.389 e. The minimum atomic E-state index is -0.424. The zero-order chi connectivity index (χ0) is 15.1. The van der Waals surface area contributed by atoms with Crippen molar-refractivity contribution in [2.75, 3.05) is 39.9 Å². The third-order valence-corrected chi connectivity index (χ3v) is 4.98. The van der Waals surface area contributed by atoms with E-state index in [1.165, 1.54) is 4.88 Å². The standard InChI is InChI=1S/C15H27N3O2S/c1-12-15(21-11-17-12)5-8-20-10-14(19)9-16-13-3-6-18(2)7-4-13/h11,13-14,16,19H,3-10H2,1-2H3. The van der Waals surface area contributed by atoms with Crippen LogP contribution in [0.4, 0.5) is 0 Å². The molecule has 1 atom stereocenters. The van der Waals surface area contributed by atoms with Crippen LogP contribution in [0.15, 0.2) is 5.51 Å². The van der Waals surface area contributed by atoms with E-state index in [0.29, 0.717) is 25.8 Å². The van der Waals surface area contributed by atoms with Crippen LogP contribution in [-0.4, -0.2) is 67.0 Å². The van der Waals surface area contributed by atoms with E-state index < -0.39 is 6.10 Å². The van der Waals surface area contributed by atoms with Crippen LogP contribution in [0.25, 0.3) is 0 Å². The summed E-state index contributed by atoms with van der Waals surface area (Å²) in [4.78, 5) is 7.84. The molecule has 1 aliphatic heterocycles. The number of likely N-dealkylation sites (tertiary alicyclic amines) is 1. The molecule has 1 unspecified atom stereocenters. The highest BCUT2D eigenvalue weighted by Crippen LogP contribution is 2.12. The summed E-state index contributed by atoms with van der Waals surface area (Å²) in [6.45, 7) is 5.96. The molecule has 0 bridgehead atoms. The number of hydrogen-bond acceptors (Lipinski definition) is 6. The van der Waals surface area contributed by atoms with Crippen LogP contribution in [0.2, 0.25) is 0 Å². The summed E-state index contributed by atoms with van der Waals surface area (Å²) < 4.78 is 5.56. The maximum atomic E-state index is 9.94. The number of nitrogens with one attached hydrogen (secondary N) is 1. The lowest BCUT2D eigenvalue weighted by molar-refractivity contribution is 0.0359. The van der Waals surface area contributed by atoms with Crippen molar-refractivity contribution in [2.24, 2.45) is 0 Å². The van der Waals surface area contributed by atoms with Gasteiger partial charge in [-0.2, -0.15) is 0 Å². The lowest BCUT2D eigenvalue weighted by atomic mass is 10.1. The second-order valence-electron chi connectivity index (χ2n) is 5.83. The van der Waals surface area contributed by atoms with Crippen LogP contribution in [0.1, 0.15) is 23.4 Å². The van der Waals surface area contributed by atoms with E-state index in [4.69, 9.17) is 4.74 Å². The molecule has 0 radical (unpaired) electrons. The van der Waals surface area contributed by atoms with Gasteiger partial charge in [-0.3, -0.25) is 0 Å². The van der Waals surface area contributed by atoms with Crippen molar-refractivity contribution in [2.45, 2.75) is 38.3 Å². The van der Waals surface area contributed by atoms with E-state index in [1.807, 2.05) is 12.4 Å². The first-order valence-corrected chi connectivity index (χ1v) is 8.60. The van der Waals surface area contributed by atoms with E-state index in [-0.39, 0.29) is 0 Å². The Morgan fingerprint density at radius 1 is 1.52 bits per heavy atom. The minimum absolute atomic E-state index is 0.400. The molecule has 1 fully saturated rings. The predicted molar refractivity (Wildman–Crippen MR) is 85.9 cm³/mol. The van der Waals surface area contributed by atoms with Crippen molar-refractivity contribution in [3.63, 3.8) is 0 Å². The lowest BCUT2D eigenvalue weighted by Gasteiger charge is -2.30. The third-order valence-electron chi connectivity index (χ3n) is 3.99. The molecule has 1 aromatic rings. The summed E-state index contributed by atoms with van der Waals surface area (Å²) in [5.41, 5.74) is 2.96. The molecular formula is C15H27N3O2S.